The van der Waals surface area contributed by atoms with E-state index in [4.69, 9.17) is 5.11 Å². The van der Waals surface area contributed by atoms with Crippen LogP contribution in [0.2, 0.25) is 0 Å². The summed E-state index contributed by atoms with van der Waals surface area (Å²) in [4.78, 5) is 28.7. The second-order valence-corrected chi connectivity index (χ2v) is 6.09. The summed E-state index contributed by atoms with van der Waals surface area (Å²) in [6.07, 6.45) is -0.633. The third-order valence-corrected chi connectivity index (χ3v) is 4.32. The number of hydrogen-bond donors (Lipinski definition) is 2. The zero-order chi connectivity index (χ0) is 15.0. The number of nitrogens with zero attached hydrogens (tertiary/aromatic N) is 3. The molecule has 0 aromatic heterocycles. The number of rotatable bonds is 2. The van der Waals surface area contributed by atoms with Crippen LogP contribution in [0.5, 0.6) is 0 Å². The molecule has 2 unspecified atom stereocenters. The summed E-state index contributed by atoms with van der Waals surface area (Å²) in [7, 11) is 3.96. The summed E-state index contributed by atoms with van der Waals surface area (Å²) < 4.78 is 0. The topological polar surface area (TPSA) is 84.3 Å². The highest BCUT2D eigenvalue weighted by atomic mass is 16.4. The molecule has 2 aliphatic heterocycles. The van der Waals surface area contributed by atoms with Crippen molar-refractivity contribution in [2.75, 3.05) is 33.7 Å². The van der Waals surface area contributed by atoms with E-state index in [-0.39, 0.29) is 25.0 Å². The van der Waals surface area contributed by atoms with Gasteiger partial charge < -0.3 is 24.9 Å². The number of aliphatic hydroxyl groups excluding tert-OH is 1. The van der Waals surface area contributed by atoms with Gasteiger partial charge in [-0.15, -0.1) is 0 Å². The molecule has 0 aliphatic carbocycles. The Morgan fingerprint density at radius 2 is 1.85 bits per heavy atom. The third-order valence-electron chi connectivity index (χ3n) is 4.32. The Morgan fingerprint density at radius 1 is 1.20 bits per heavy atom. The minimum atomic E-state index is -1.05. The maximum atomic E-state index is 12.5. The molecule has 7 heteroatoms. The first kappa shape index (κ1) is 15.1. The van der Waals surface area contributed by atoms with Gasteiger partial charge in [-0.3, -0.25) is 0 Å². The summed E-state index contributed by atoms with van der Waals surface area (Å²) >= 11 is 0. The van der Waals surface area contributed by atoms with Gasteiger partial charge in [-0.1, -0.05) is 6.92 Å². The van der Waals surface area contributed by atoms with E-state index in [9.17, 15) is 14.7 Å². The number of aliphatic hydroxyl groups is 1. The Bertz CT molecular complexity index is 401. The molecule has 0 aromatic rings. The first-order valence-electron chi connectivity index (χ1n) is 6.94. The Morgan fingerprint density at radius 3 is 2.35 bits per heavy atom. The van der Waals surface area contributed by atoms with Crippen LogP contribution in [-0.4, -0.2) is 88.8 Å². The van der Waals surface area contributed by atoms with Crippen molar-refractivity contribution in [3.8, 4) is 0 Å². The number of carbonyl (C=O) groups is 2. The molecule has 20 heavy (non-hydrogen) atoms. The molecule has 2 aliphatic rings. The zero-order valence-corrected chi connectivity index (χ0v) is 12.2. The van der Waals surface area contributed by atoms with Gasteiger partial charge in [0.1, 0.15) is 6.04 Å². The van der Waals surface area contributed by atoms with Crippen molar-refractivity contribution in [2.45, 2.75) is 31.5 Å². The normalized spacial score (nSPS) is 34.0. The molecule has 2 fully saturated rings. The number of carboxylic acid groups (broad SMARTS) is 1. The molecule has 0 bridgehead atoms. The molecule has 0 spiro atoms. The van der Waals surface area contributed by atoms with Crippen LogP contribution in [0.15, 0.2) is 0 Å². The Balaban J connectivity index is 2.06. The van der Waals surface area contributed by atoms with E-state index in [1.165, 1.54) is 4.90 Å². The maximum Gasteiger partial charge on any atom is 0.326 e. The first-order chi connectivity index (χ1) is 9.31. The summed E-state index contributed by atoms with van der Waals surface area (Å²) in [5.74, 6) is -0.698. The fourth-order valence-corrected chi connectivity index (χ4v) is 3.22. The highest BCUT2D eigenvalue weighted by Gasteiger charge is 2.43. The summed E-state index contributed by atoms with van der Waals surface area (Å²) in [6, 6.07) is -0.897. The number of β-amino-alcohol motifs (C(OH)–C–C–N with tert-alkyl or cyclic N) is 1. The molecular formula is C13H23N3O4. The second-order valence-electron chi connectivity index (χ2n) is 6.09. The number of amides is 2. The molecule has 0 saturated carbocycles. The molecule has 114 valence electrons. The van der Waals surface area contributed by atoms with Gasteiger partial charge in [0.05, 0.1) is 6.10 Å². The van der Waals surface area contributed by atoms with Gasteiger partial charge in [-0.2, -0.15) is 0 Å². The van der Waals surface area contributed by atoms with Crippen molar-refractivity contribution in [2.24, 2.45) is 5.92 Å². The second kappa shape index (κ2) is 5.57. The van der Waals surface area contributed by atoms with E-state index in [2.05, 4.69) is 11.8 Å². The fourth-order valence-electron chi connectivity index (χ4n) is 3.22. The fraction of sp³-hybridized carbons (Fsp3) is 0.846. The molecule has 2 heterocycles. The summed E-state index contributed by atoms with van der Waals surface area (Å²) in [5.41, 5.74) is 0. The van der Waals surface area contributed by atoms with Crippen molar-refractivity contribution in [1.29, 1.82) is 0 Å². The van der Waals surface area contributed by atoms with Crippen LogP contribution in [-0.2, 0) is 4.79 Å². The highest BCUT2D eigenvalue weighted by molar-refractivity contribution is 5.83. The lowest BCUT2D eigenvalue weighted by atomic mass is 10.1. The molecule has 0 aromatic carbocycles. The monoisotopic (exact) mass is 285 g/mol. The van der Waals surface area contributed by atoms with Crippen LogP contribution in [0.4, 0.5) is 4.79 Å². The molecule has 2 amide bonds. The van der Waals surface area contributed by atoms with Gasteiger partial charge in [0.2, 0.25) is 0 Å². The molecule has 4 atom stereocenters. The van der Waals surface area contributed by atoms with Gasteiger partial charge in [-0.05, 0) is 20.0 Å². The Labute approximate surface area is 118 Å². The van der Waals surface area contributed by atoms with E-state index in [1.54, 1.807) is 4.90 Å². The number of urea groups is 1. The van der Waals surface area contributed by atoms with E-state index >= 15 is 0 Å². The minimum absolute atomic E-state index is 0.104. The Kier molecular flexibility index (Phi) is 4.19. The van der Waals surface area contributed by atoms with Crippen LogP contribution in [0.3, 0.4) is 0 Å². The van der Waals surface area contributed by atoms with E-state index in [1.807, 2.05) is 14.1 Å². The Hall–Kier alpha value is -1.34. The van der Waals surface area contributed by atoms with E-state index in [0.717, 1.165) is 0 Å². The minimum Gasteiger partial charge on any atom is -0.480 e. The van der Waals surface area contributed by atoms with Crippen molar-refractivity contribution in [3.05, 3.63) is 0 Å². The SMILES string of the molecule is CC1CN(C(=O)N2C[C@H](O)C[C@H]2C(=O)O)CC1N(C)C. The standard InChI is InChI=1S/C13H23N3O4/c1-8-5-15(7-11(8)14(2)3)13(20)16-6-9(17)4-10(16)12(18)19/h8-11,17H,4-7H2,1-3H3,(H,18,19)/t8?,9-,10+,11?/m1/s1. The van der Waals surface area contributed by atoms with Gasteiger partial charge in [-0.25, -0.2) is 9.59 Å². The first-order valence-corrected chi connectivity index (χ1v) is 6.94. The van der Waals surface area contributed by atoms with Crippen molar-refractivity contribution in [1.82, 2.24) is 14.7 Å². The third kappa shape index (κ3) is 2.73. The number of carboxylic acids is 1. The number of hydrogen-bond acceptors (Lipinski definition) is 4. The lowest BCUT2D eigenvalue weighted by Crippen LogP contribution is -2.48. The average molecular weight is 285 g/mol. The smallest absolute Gasteiger partial charge is 0.326 e. The predicted octanol–water partition coefficient (Wildman–Crippen LogP) is -0.492. The zero-order valence-electron chi connectivity index (χ0n) is 12.2. The van der Waals surface area contributed by atoms with Gasteiger partial charge >= 0.3 is 12.0 Å². The lowest BCUT2D eigenvalue weighted by molar-refractivity contribution is -0.141. The van der Waals surface area contributed by atoms with Gasteiger partial charge in [0.15, 0.2) is 0 Å². The lowest BCUT2D eigenvalue weighted by Gasteiger charge is -2.28. The van der Waals surface area contributed by atoms with Crippen molar-refractivity contribution >= 4 is 12.0 Å². The predicted molar refractivity (Wildman–Crippen MR) is 72.4 cm³/mol. The summed E-state index contributed by atoms with van der Waals surface area (Å²) in [5, 5.41) is 18.8. The molecular weight excluding hydrogens is 262 g/mol. The largest absolute Gasteiger partial charge is 0.480 e. The van der Waals surface area contributed by atoms with E-state index < -0.39 is 18.1 Å². The molecule has 7 nitrogen and oxygen atoms in total. The molecule has 2 rings (SSSR count). The number of carbonyl (C=O) groups excluding carboxylic acids is 1. The van der Waals surface area contributed by atoms with Crippen LogP contribution < -0.4 is 0 Å². The van der Waals surface area contributed by atoms with Gasteiger partial charge in [0, 0.05) is 32.1 Å². The summed E-state index contributed by atoms with van der Waals surface area (Å²) in [6.45, 7) is 3.42. The van der Waals surface area contributed by atoms with Crippen molar-refractivity contribution in [3.63, 3.8) is 0 Å². The van der Waals surface area contributed by atoms with Crippen LogP contribution in [0, 0.1) is 5.92 Å². The quantitative estimate of drug-likeness (QED) is 0.715. The van der Waals surface area contributed by atoms with Crippen molar-refractivity contribution < 1.29 is 19.8 Å². The molecule has 2 saturated heterocycles. The average Bonchev–Trinajstić information content (AvgIpc) is 2.91. The maximum absolute atomic E-state index is 12.5. The number of likely N-dealkylation sites (N-methyl/N-ethyl adjacent to an activating group) is 1. The van der Waals surface area contributed by atoms with E-state index in [0.29, 0.717) is 19.0 Å². The van der Waals surface area contributed by atoms with Crippen LogP contribution >= 0.6 is 0 Å². The van der Waals surface area contributed by atoms with Crippen LogP contribution in [0.1, 0.15) is 13.3 Å². The van der Waals surface area contributed by atoms with Gasteiger partial charge in [0.25, 0.3) is 0 Å². The number of aliphatic carboxylic acids is 1. The van der Waals surface area contributed by atoms with Crippen LogP contribution in [0.25, 0.3) is 0 Å². The highest BCUT2D eigenvalue weighted by Crippen LogP contribution is 2.25. The number of likely N-dealkylation sites (tertiary alicyclic amines) is 2. The molecule has 2 N–H and O–H groups in total. The molecule has 0 radical (unpaired) electrons.